The van der Waals surface area contributed by atoms with Gasteiger partial charge < -0.3 is 19.6 Å². The van der Waals surface area contributed by atoms with Crippen LogP contribution in [0, 0.1) is 0 Å². The van der Waals surface area contributed by atoms with Gasteiger partial charge in [0, 0.05) is 30.3 Å². The Morgan fingerprint density at radius 3 is 2.86 bits per heavy atom. The fourth-order valence-corrected chi connectivity index (χ4v) is 3.50. The molecule has 2 aromatic rings. The zero-order chi connectivity index (χ0) is 20.3. The Kier molecular flexibility index (Phi) is 5.96. The molecule has 0 saturated carbocycles. The molecular formula is C21H25N3O4. The summed E-state index contributed by atoms with van der Waals surface area (Å²) >= 11 is 0. The molecular weight excluding hydrogens is 358 g/mol. The Hall–Kier alpha value is -2.90. The van der Waals surface area contributed by atoms with Crippen LogP contribution < -0.4 is 10.1 Å². The Morgan fingerprint density at radius 1 is 1.50 bits per heavy atom. The Balaban J connectivity index is 1.81. The summed E-state index contributed by atoms with van der Waals surface area (Å²) in [5.41, 5.74) is 1.80. The third-order valence-corrected chi connectivity index (χ3v) is 5.06. The van der Waals surface area contributed by atoms with Crippen LogP contribution in [0.25, 0.3) is 17.4 Å². The Morgan fingerprint density at radius 2 is 2.29 bits per heavy atom. The minimum absolute atomic E-state index is 0.00164. The highest BCUT2D eigenvalue weighted by Crippen LogP contribution is 2.37. The molecule has 2 unspecified atom stereocenters. The van der Waals surface area contributed by atoms with E-state index in [2.05, 4.69) is 23.6 Å². The number of carbonyl (C=O) groups is 1. The van der Waals surface area contributed by atoms with E-state index in [1.807, 2.05) is 11.9 Å². The summed E-state index contributed by atoms with van der Waals surface area (Å²) in [5, 5.41) is 12.4. The molecule has 1 saturated heterocycles. The van der Waals surface area contributed by atoms with Gasteiger partial charge in [-0.1, -0.05) is 6.58 Å². The lowest BCUT2D eigenvalue weighted by atomic mass is 10.1. The monoisotopic (exact) mass is 383 g/mol. The summed E-state index contributed by atoms with van der Waals surface area (Å²) in [5.74, 6) is 1.42. The number of hydrogen-bond donors (Lipinski definition) is 2. The largest absolute Gasteiger partial charge is 0.496 e. The van der Waals surface area contributed by atoms with E-state index < -0.39 is 0 Å². The second kappa shape index (κ2) is 8.41. The van der Waals surface area contributed by atoms with E-state index in [-0.39, 0.29) is 24.6 Å². The smallest absolute Gasteiger partial charge is 0.251 e. The number of likely N-dealkylation sites (tertiary alicyclic amines) is 1. The van der Waals surface area contributed by atoms with Crippen molar-refractivity contribution in [2.75, 3.05) is 27.3 Å². The molecule has 1 aliphatic heterocycles. The molecule has 1 aromatic carbocycles. The molecule has 148 valence electrons. The molecule has 2 atom stereocenters. The van der Waals surface area contributed by atoms with Crippen LogP contribution in [-0.2, 0) is 0 Å². The van der Waals surface area contributed by atoms with Crippen LogP contribution in [0.4, 0.5) is 5.69 Å². The van der Waals surface area contributed by atoms with Gasteiger partial charge in [0.1, 0.15) is 17.2 Å². The predicted molar refractivity (Wildman–Crippen MR) is 109 cm³/mol. The number of amides is 1. The first-order chi connectivity index (χ1) is 13.5. The molecule has 7 nitrogen and oxygen atoms in total. The summed E-state index contributed by atoms with van der Waals surface area (Å²) in [6.45, 7) is 8.03. The molecule has 2 heterocycles. The first-order valence-corrected chi connectivity index (χ1v) is 9.04. The number of aliphatic imine (C=N–C) groups is 1. The zero-order valence-electron chi connectivity index (χ0n) is 16.1. The van der Waals surface area contributed by atoms with Gasteiger partial charge in [-0.15, -0.1) is 0 Å². The van der Waals surface area contributed by atoms with Crippen molar-refractivity contribution in [3.63, 3.8) is 0 Å². The van der Waals surface area contributed by atoms with Gasteiger partial charge in [-0.3, -0.25) is 14.7 Å². The highest BCUT2D eigenvalue weighted by molar-refractivity contribution is 5.95. The van der Waals surface area contributed by atoms with Crippen molar-refractivity contribution in [1.29, 1.82) is 0 Å². The van der Waals surface area contributed by atoms with Gasteiger partial charge in [-0.05, 0) is 44.5 Å². The number of ether oxygens (including phenoxy) is 1. The number of methoxy groups -OCH3 is 1. The fourth-order valence-electron chi connectivity index (χ4n) is 3.50. The van der Waals surface area contributed by atoms with Crippen molar-refractivity contribution < 1.29 is 19.1 Å². The van der Waals surface area contributed by atoms with Crippen molar-refractivity contribution in [3.05, 3.63) is 42.2 Å². The van der Waals surface area contributed by atoms with Crippen LogP contribution in [0.2, 0.25) is 0 Å². The van der Waals surface area contributed by atoms with Gasteiger partial charge in [0.05, 0.1) is 19.3 Å². The molecule has 0 bridgehead atoms. The Labute approximate surface area is 164 Å². The minimum Gasteiger partial charge on any atom is -0.496 e. The van der Waals surface area contributed by atoms with Crippen LogP contribution in [0.3, 0.4) is 0 Å². The van der Waals surface area contributed by atoms with Crippen LogP contribution in [0.5, 0.6) is 5.75 Å². The van der Waals surface area contributed by atoms with Crippen molar-refractivity contribution in [2.45, 2.75) is 18.5 Å². The summed E-state index contributed by atoms with van der Waals surface area (Å²) in [7, 11) is 3.49. The number of benzene rings is 1. The number of likely N-dealkylation sites (N-methyl/N-ethyl adjacent to an activating group) is 1. The lowest BCUT2D eigenvalue weighted by Gasteiger charge is -2.15. The average Bonchev–Trinajstić information content (AvgIpc) is 3.29. The number of aliphatic hydroxyl groups excluding tert-OH is 1. The minimum atomic E-state index is -0.179. The lowest BCUT2D eigenvalue weighted by molar-refractivity contribution is 0.0938. The quantitative estimate of drug-likeness (QED) is 0.718. The van der Waals surface area contributed by atoms with E-state index >= 15 is 0 Å². The second-order valence-corrected chi connectivity index (χ2v) is 6.82. The average molecular weight is 383 g/mol. The van der Waals surface area contributed by atoms with Crippen LogP contribution in [0.15, 0.2) is 40.3 Å². The van der Waals surface area contributed by atoms with Crippen LogP contribution >= 0.6 is 0 Å². The van der Waals surface area contributed by atoms with Crippen molar-refractivity contribution in [3.8, 4) is 17.1 Å². The van der Waals surface area contributed by atoms with E-state index in [4.69, 9.17) is 9.15 Å². The normalized spacial score (nSPS) is 19.4. The third kappa shape index (κ3) is 3.85. The second-order valence-electron chi connectivity index (χ2n) is 6.82. The number of aliphatic hydroxyl groups is 1. The van der Waals surface area contributed by atoms with Gasteiger partial charge in [0.15, 0.2) is 5.76 Å². The molecule has 0 spiro atoms. The van der Waals surface area contributed by atoms with Gasteiger partial charge in [0.2, 0.25) is 0 Å². The summed E-state index contributed by atoms with van der Waals surface area (Å²) in [4.78, 5) is 18.6. The molecule has 7 heteroatoms. The standard InChI is InChI=1S/C21H25N3O4/c1-5-18-17(22-2)10-20(28-18)16-7-6-13(8-19(16)27-4)21(26)23-14-9-15(12-25)24(3)11-14/h5-8,10,14-15,25H,1-2,9,11-12H2,3-4H3,(H,23,26). The highest BCUT2D eigenvalue weighted by Gasteiger charge is 2.30. The molecule has 1 aliphatic rings. The number of rotatable bonds is 7. The number of carbonyl (C=O) groups excluding carboxylic acids is 1. The maximum absolute atomic E-state index is 12.7. The number of nitrogens with one attached hydrogen (secondary N) is 1. The molecule has 28 heavy (non-hydrogen) atoms. The summed E-state index contributed by atoms with van der Waals surface area (Å²) in [6, 6.07) is 7.03. The van der Waals surface area contributed by atoms with Crippen LogP contribution in [-0.4, -0.2) is 62.0 Å². The summed E-state index contributed by atoms with van der Waals surface area (Å²) in [6.07, 6.45) is 2.29. The van der Waals surface area contributed by atoms with Gasteiger partial charge in [-0.2, -0.15) is 0 Å². The van der Waals surface area contributed by atoms with E-state index in [1.54, 1.807) is 37.5 Å². The van der Waals surface area contributed by atoms with E-state index in [1.165, 1.54) is 0 Å². The number of hydrogen-bond acceptors (Lipinski definition) is 6. The van der Waals surface area contributed by atoms with Crippen LogP contribution in [0.1, 0.15) is 22.5 Å². The molecule has 1 aromatic heterocycles. The van der Waals surface area contributed by atoms with E-state index in [9.17, 15) is 9.90 Å². The van der Waals surface area contributed by atoms with Crippen molar-refractivity contribution >= 4 is 24.4 Å². The first-order valence-electron chi connectivity index (χ1n) is 9.04. The molecule has 3 rings (SSSR count). The highest BCUT2D eigenvalue weighted by atomic mass is 16.5. The lowest BCUT2D eigenvalue weighted by Crippen LogP contribution is -2.36. The molecule has 0 radical (unpaired) electrons. The van der Waals surface area contributed by atoms with E-state index in [0.717, 1.165) is 6.42 Å². The van der Waals surface area contributed by atoms with Gasteiger partial charge in [-0.25, -0.2) is 0 Å². The maximum Gasteiger partial charge on any atom is 0.251 e. The molecule has 0 aliphatic carbocycles. The van der Waals surface area contributed by atoms with Crippen molar-refractivity contribution in [2.24, 2.45) is 4.99 Å². The molecule has 1 fully saturated rings. The fraction of sp³-hybridized carbons (Fsp3) is 0.333. The maximum atomic E-state index is 12.7. The molecule has 2 N–H and O–H groups in total. The SMILES string of the molecule is C=Cc1oc(-c2ccc(C(=O)NC3CC(CO)N(C)C3)cc2OC)cc1N=C. The van der Waals surface area contributed by atoms with E-state index in [0.29, 0.717) is 40.6 Å². The Bertz CT molecular complexity index is 864. The first kappa shape index (κ1) is 19.9. The van der Waals surface area contributed by atoms with Gasteiger partial charge in [0.25, 0.3) is 5.91 Å². The van der Waals surface area contributed by atoms with Crippen molar-refractivity contribution in [1.82, 2.24) is 10.2 Å². The topological polar surface area (TPSA) is 87.3 Å². The molecule has 1 amide bonds. The third-order valence-electron chi connectivity index (χ3n) is 5.06. The predicted octanol–water partition coefficient (Wildman–Crippen LogP) is 2.73. The zero-order valence-corrected chi connectivity index (χ0v) is 16.1. The number of furan rings is 1. The number of nitrogens with zero attached hydrogens (tertiary/aromatic N) is 2. The van der Waals surface area contributed by atoms with Gasteiger partial charge >= 0.3 is 0 Å². The summed E-state index contributed by atoms with van der Waals surface area (Å²) < 4.78 is 11.2.